The third-order valence-electron chi connectivity index (χ3n) is 7.58. The van der Waals surface area contributed by atoms with Crippen LogP contribution in [0, 0.1) is 6.92 Å². The lowest BCUT2D eigenvalue weighted by molar-refractivity contribution is 1.49. The van der Waals surface area contributed by atoms with Crippen molar-refractivity contribution < 1.29 is 0 Å². The van der Waals surface area contributed by atoms with E-state index in [0.29, 0.717) is 0 Å². The smallest absolute Gasteiger partial charge is 0.0623 e. The van der Waals surface area contributed by atoms with Crippen LogP contribution < -0.4 is 20.7 Å². The lowest BCUT2D eigenvalue weighted by Gasteiger charge is -2.32. The maximum Gasteiger partial charge on any atom is 0.181 e. The lowest BCUT2D eigenvalue weighted by atomic mass is 9.97. The summed E-state index contributed by atoms with van der Waals surface area (Å²) in [4.78, 5) is 0. The molecule has 1 heterocycles. The highest BCUT2D eigenvalue weighted by atomic mass is 28.3. The van der Waals surface area contributed by atoms with Gasteiger partial charge >= 0.3 is 0 Å². The van der Waals surface area contributed by atoms with E-state index in [4.69, 9.17) is 0 Å². The molecule has 1 aliphatic heterocycles. The van der Waals surface area contributed by atoms with Crippen molar-refractivity contribution >= 4 is 50.4 Å². The zero-order valence-electron chi connectivity index (χ0n) is 19.1. The molecule has 0 radical (unpaired) electrons. The minimum Gasteiger partial charge on any atom is -0.0623 e. The van der Waals surface area contributed by atoms with Crippen LogP contribution in [0.25, 0.3) is 32.7 Å². The Kier molecular flexibility index (Phi) is 4.18. The molecule has 0 saturated heterocycles. The van der Waals surface area contributed by atoms with Crippen molar-refractivity contribution in [3.63, 3.8) is 0 Å². The Labute approximate surface area is 201 Å². The van der Waals surface area contributed by atoms with E-state index < -0.39 is 8.07 Å². The third kappa shape index (κ3) is 2.53. The summed E-state index contributed by atoms with van der Waals surface area (Å²) in [6, 6.07) is 47.9. The minimum atomic E-state index is -2.50. The molecule has 7 rings (SSSR count). The molecule has 0 aliphatic carbocycles. The van der Waals surface area contributed by atoms with Crippen LogP contribution in [0.5, 0.6) is 0 Å². The van der Waals surface area contributed by atoms with Gasteiger partial charge in [0.05, 0.1) is 0 Å². The Balaban J connectivity index is 1.74. The van der Waals surface area contributed by atoms with Crippen molar-refractivity contribution in [1.29, 1.82) is 0 Å². The zero-order valence-corrected chi connectivity index (χ0v) is 20.1. The summed E-state index contributed by atoms with van der Waals surface area (Å²) in [5.41, 5.74) is 4.12. The molecule has 0 atom stereocenters. The number of aryl methyl sites for hydroxylation is 1. The van der Waals surface area contributed by atoms with Crippen molar-refractivity contribution in [2.24, 2.45) is 0 Å². The first-order valence-electron chi connectivity index (χ1n) is 12.0. The Morgan fingerprint density at radius 3 is 1.85 bits per heavy atom. The van der Waals surface area contributed by atoms with Gasteiger partial charge < -0.3 is 0 Å². The van der Waals surface area contributed by atoms with Crippen LogP contribution >= 0.6 is 0 Å². The molecule has 0 N–H and O–H groups in total. The summed E-state index contributed by atoms with van der Waals surface area (Å²) >= 11 is 0. The van der Waals surface area contributed by atoms with E-state index in [1.165, 1.54) is 59.0 Å². The summed E-state index contributed by atoms with van der Waals surface area (Å²) in [5.74, 6) is 0. The molecule has 6 aromatic carbocycles. The number of hydrogen-bond donors (Lipinski definition) is 0. The van der Waals surface area contributed by atoms with E-state index in [2.05, 4.69) is 134 Å². The van der Waals surface area contributed by atoms with Gasteiger partial charge in [0.1, 0.15) is 0 Å². The second kappa shape index (κ2) is 7.28. The third-order valence-corrected chi connectivity index (χ3v) is 12.5. The van der Waals surface area contributed by atoms with Gasteiger partial charge in [-0.15, -0.1) is 0 Å². The molecule has 0 fully saturated rings. The summed E-state index contributed by atoms with van der Waals surface area (Å²) < 4.78 is 0. The predicted molar refractivity (Wildman–Crippen MR) is 149 cm³/mol. The van der Waals surface area contributed by atoms with Gasteiger partial charge in [-0.3, -0.25) is 0 Å². The molecule has 1 aliphatic rings. The van der Waals surface area contributed by atoms with Crippen LogP contribution in [0.4, 0.5) is 0 Å². The van der Waals surface area contributed by atoms with E-state index in [9.17, 15) is 0 Å². The lowest BCUT2D eigenvalue weighted by Crippen LogP contribution is -2.73. The molecule has 34 heavy (non-hydrogen) atoms. The van der Waals surface area contributed by atoms with Crippen molar-refractivity contribution in [1.82, 2.24) is 0 Å². The van der Waals surface area contributed by atoms with E-state index in [0.717, 1.165) is 0 Å². The van der Waals surface area contributed by atoms with Crippen molar-refractivity contribution in [3.8, 4) is 11.1 Å². The Morgan fingerprint density at radius 2 is 1.12 bits per heavy atom. The van der Waals surface area contributed by atoms with E-state index in [-0.39, 0.29) is 0 Å². The van der Waals surface area contributed by atoms with Gasteiger partial charge in [-0.1, -0.05) is 133 Å². The van der Waals surface area contributed by atoms with Crippen LogP contribution in [0.3, 0.4) is 0 Å². The number of rotatable bonds is 2. The van der Waals surface area contributed by atoms with Crippen molar-refractivity contribution in [3.05, 3.63) is 133 Å². The molecule has 6 aromatic rings. The fourth-order valence-corrected chi connectivity index (χ4v) is 11.6. The Hall–Kier alpha value is -3.94. The Morgan fingerprint density at radius 1 is 0.471 bits per heavy atom. The molecule has 0 bridgehead atoms. The normalized spacial score (nSPS) is 13.7. The predicted octanol–water partition coefficient (Wildman–Crippen LogP) is 5.66. The molecule has 0 unspecified atom stereocenters. The fourth-order valence-electron chi connectivity index (χ4n) is 6.20. The fraction of sp³-hybridized carbons (Fsp3) is 0.0303. The monoisotopic (exact) mass is 448 g/mol. The van der Waals surface area contributed by atoms with Gasteiger partial charge in [0.15, 0.2) is 8.07 Å². The average molecular weight is 449 g/mol. The minimum absolute atomic E-state index is 1.30. The quantitative estimate of drug-likeness (QED) is 0.236. The average Bonchev–Trinajstić information content (AvgIpc) is 3.20. The molecular formula is C33H24Si. The van der Waals surface area contributed by atoms with Crippen LogP contribution in [0.1, 0.15) is 5.56 Å². The summed E-state index contributed by atoms with van der Waals surface area (Å²) in [6.07, 6.45) is 0. The molecule has 1 heteroatoms. The first-order chi connectivity index (χ1) is 16.8. The van der Waals surface area contributed by atoms with Gasteiger partial charge in [-0.05, 0) is 60.3 Å². The van der Waals surface area contributed by atoms with E-state index in [1.54, 1.807) is 0 Å². The highest BCUT2D eigenvalue weighted by Gasteiger charge is 2.49. The number of fused-ring (bicyclic) bond motifs is 7. The van der Waals surface area contributed by atoms with Gasteiger partial charge in [0.2, 0.25) is 0 Å². The van der Waals surface area contributed by atoms with Crippen LogP contribution in [0.2, 0.25) is 0 Å². The van der Waals surface area contributed by atoms with Gasteiger partial charge in [0, 0.05) is 0 Å². The van der Waals surface area contributed by atoms with Crippen molar-refractivity contribution in [2.75, 3.05) is 0 Å². The topological polar surface area (TPSA) is 0 Å². The first-order valence-corrected chi connectivity index (χ1v) is 14.0. The molecule has 0 nitrogen and oxygen atoms in total. The molecule has 0 spiro atoms. The molecule has 0 aromatic heterocycles. The second-order valence-corrected chi connectivity index (χ2v) is 13.1. The zero-order chi connectivity index (χ0) is 22.7. The first kappa shape index (κ1) is 19.5. The second-order valence-electron chi connectivity index (χ2n) is 9.40. The summed E-state index contributed by atoms with van der Waals surface area (Å²) in [7, 11) is -2.50. The van der Waals surface area contributed by atoms with E-state index >= 15 is 0 Å². The van der Waals surface area contributed by atoms with Gasteiger partial charge in [0.25, 0.3) is 0 Å². The molecule has 0 saturated carbocycles. The van der Waals surface area contributed by atoms with Crippen LogP contribution in [-0.2, 0) is 0 Å². The van der Waals surface area contributed by atoms with Gasteiger partial charge in [-0.2, -0.15) is 0 Å². The molecular weight excluding hydrogens is 424 g/mol. The standard InChI is InChI=1S/C33H24Si/c1-23-16-21-32-31(22-23)30-20-19-28-27-15-9-8-10-24(27)17-18-29(28)33(30)34(32,25-11-4-2-5-12-25)26-13-6-3-7-14-26/h2-22H,1H3. The summed E-state index contributed by atoms with van der Waals surface area (Å²) in [5, 5.41) is 11.3. The highest BCUT2D eigenvalue weighted by Crippen LogP contribution is 2.35. The number of hydrogen-bond acceptors (Lipinski definition) is 0. The summed E-state index contributed by atoms with van der Waals surface area (Å²) in [6.45, 7) is 2.21. The van der Waals surface area contributed by atoms with Gasteiger partial charge in [-0.25, -0.2) is 0 Å². The number of benzene rings is 6. The largest absolute Gasteiger partial charge is 0.181 e. The maximum atomic E-state index is 2.42. The molecule has 160 valence electrons. The maximum absolute atomic E-state index is 2.50. The van der Waals surface area contributed by atoms with Crippen molar-refractivity contribution in [2.45, 2.75) is 6.92 Å². The van der Waals surface area contributed by atoms with Crippen LogP contribution in [-0.4, -0.2) is 8.07 Å². The van der Waals surface area contributed by atoms with E-state index in [1.807, 2.05) is 0 Å². The SMILES string of the molecule is Cc1ccc2c(c1)-c1ccc3c(ccc4ccccc43)c1[Si]2(c1ccccc1)c1ccccc1. The Bertz CT molecular complexity index is 1660. The molecule has 0 amide bonds. The highest BCUT2D eigenvalue weighted by molar-refractivity contribution is 7.23. The van der Waals surface area contributed by atoms with Crippen LogP contribution in [0.15, 0.2) is 127 Å².